The topological polar surface area (TPSA) is 34.1 Å². The molecular formula is C19H22O2. The van der Waals surface area contributed by atoms with Crippen LogP contribution in [0.25, 0.3) is 10.8 Å². The van der Waals surface area contributed by atoms with Gasteiger partial charge in [-0.05, 0) is 36.6 Å². The molecule has 0 heterocycles. The first-order chi connectivity index (χ1) is 10.2. The molecule has 0 aliphatic carbocycles. The molecule has 2 heteroatoms. The maximum atomic E-state index is 12.2. The molecule has 2 nitrogen and oxygen atoms in total. The van der Waals surface area contributed by atoms with Crippen LogP contribution >= 0.6 is 0 Å². The molecule has 0 saturated carbocycles. The van der Waals surface area contributed by atoms with Gasteiger partial charge in [0.2, 0.25) is 0 Å². The predicted octanol–water partition coefficient (Wildman–Crippen LogP) is 4.95. The lowest BCUT2D eigenvalue weighted by Crippen LogP contribution is -1.99. The van der Waals surface area contributed by atoms with Gasteiger partial charge in [0, 0.05) is 18.4 Å². The van der Waals surface area contributed by atoms with Gasteiger partial charge in [-0.1, -0.05) is 49.2 Å². The molecule has 0 unspecified atom stereocenters. The molecule has 0 N–H and O–H groups in total. The first-order valence-electron chi connectivity index (χ1n) is 7.68. The molecule has 0 amide bonds. The van der Waals surface area contributed by atoms with Crippen LogP contribution in [-0.2, 0) is 4.79 Å². The smallest absolute Gasteiger partial charge is 0.162 e. The van der Waals surface area contributed by atoms with Gasteiger partial charge in [-0.3, -0.25) is 4.79 Å². The summed E-state index contributed by atoms with van der Waals surface area (Å²) in [6.45, 7) is 1.63. The van der Waals surface area contributed by atoms with E-state index in [1.54, 1.807) is 6.92 Å². The van der Waals surface area contributed by atoms with Gasteiger partial charge in [-0.25, -0.2) is 0 Å². The Kier molecular flexibility index (Phi) is 5.68. The van der Waals surface area contributed by atoms with Crippen LogP contribution in [0.4, 0.5) is 0 Å². The van der Waals surface area contributed by atoms with Crippen molar-refractivity contribution in [1.82, 2.24) is 0 Å². The third-order valence-corrected chi connectivity index (χ3v) is 3.75. The van der Waals surface area contributed by atoms with Gasteiger partial charge in [0.05, 0.1) is 0 Å². The van der Waals surface area contributed by atoms with Crippen LogP contribution in [0.5, 0.6) is 0 Å². The average Bonchev–Trinajstić information content (AvgIpc) is 2.49. The number of hydrogen-bond donors (Lipinski definition) is 0. The number of ketones is 2. The van der Waals surface area contributed by atoms with E-state index in [0.29, 0.717) is 12.8 Å². The molecule has 2 aromatic carbocycles. The average molecular weight is 282 g/mol. The minimum Gasteiger partial charge on any atom is -0.300 e. The standard InChI is InChI=1S/C19H22O2/c1-15(20)8-4-2-3-5-11-19(21)18-13-12-16-9-6-7-10-17(16)14-18/h6-7,9-10,12-14H,2-5,8,11H2,1H3. The largest absolute Gasteiger partial charge is 0.300 e. The van der Waals surface area contributed by atoms with Crippen LogP contribution in [0.1, 0.15) is 55.8 Å². The highest BCUT2D eigenvalue weighted by molar-refractivity contribution is 5.99. The molecule has 0 spiro atoms. The zero-order chi connectivity index (χ0) is 15.1. The molecule has 0 aromatic heterocycles. The van der Waals surface area contributed by atoms with E-state index in [0.717, 1.165) is 36.6 Å². The molecule has 0 bridgehead atoms. The molecule has 0 atom stereocenters. The van der Waals surface area contributed by atoms with Gasteiger partial charge >= 0.3 is 0 Å². The number of unbranched alkanes of at least 4 members (excludes halogenated alkanes) is 3. The van der Waals surface area contributed by atoms with Gasteiger partial charge in [-0.2, -0.15) is 0 Å². The highest BCUT2D eigenvalue weighted by Gasteiger charge is 2.06. The predicted molar refractivity (Wildman–Crippen MR) is 86.7 cm³/mol. The Morgan fingerprint density at radius 2 is 1.48 bits per heavy atom. The summed E-state index contributed by atoms with van der Waals surface area (Å²) in [7, 11) is 0. The molecule has 0 radical (unpaired) electrons. The Morgan fingerprint density at radius 1 is 0.810 bits per heavy atom. The number of carbonyl (C=O) groups excluding carboxylic acids is 2. The Morgan fingerprint density at radius 3 is 2.19 bits per heavy atom. The summed E-state index contributed by atoms with van der Waals surface area (Å²) in [5.41, 5.74) is 0.803. The first kappa shape index (κ1) is 15.4. The molecule has 0 saturated heterocycles. The van der Waals surface area contributed by atoms with E-state index in [1.807, 2.05) is 36.4 Å². The van der Waals surface area contributed by atoms with Gasteiger partial charge in [0.25, 0.3) is 0 Å². The first-order valence-corrected chi connectivity index (χ1v) is 7.68. The lowest BCUT2D eigenvalue weighted by atomic mass is 10.0. The van der Waals surface area contributed by atoms with Crippen molar-refractivity contribution < 1.29 is 9.59 Å². The number of hydrogen-bond acceptors (Lipinski definition) is 2. The van der Waals surface area contributed by atoms with Crippen LogP contribution in [0.2, 0.25) is 0 Å². The molecule has 110 valence electrons. The van der Waals surface area contributed by atoms with Crippen molar-refractivity contribution in [3.05, 3.63) is 48.0 Å². The highest BCUT2D eigenvalue weighted by Crippen LogP contribution is 2.17. The lowest BCUT2D eigenvalue weighted by molar-refractivity contribution is -0.117. The van der Waals surface area contributed by atoms with E-state index in [4.69, 9.17) is 0 Å². The highest BCUT2D eigenvalue weighted by atomic mass is 16.1. The number of rotatable bonds is 8. The second-order valence-corrected chi connectivity index (χ2v) is 5.60. The third-order valence-electron chi connectivity index (χ3n) is 3.75. The molecule has 21 heavy (non-hydrogen) atoms. The Labute approximate surface area is 126 Å². The number of Topliss-reactive ketones (excluding diaryl/α,β-unsaturated/α-hetero) is 2. The summed E-state index contributed by atoms with van der Waals surface area (Å²) < 4.78 is 0. The summed E-state index contributed by atoms with van der Waals surface area (Å²) in [6, 6.07) is 14.0. The van der Waals surface area contributed by atoms with Gasteiger partial charge in [0.1, 0.15) is 5.78 Å². The van der Waals surface area contributed by atoms with Crippen molar-refractivity contribution in [2.45, 2.75) is 45.4 Å². The second-order valence-electron chi connectivity index (χ2n) is 5.60. The molecule has 0 aliphatic rings. The van der Waals surface area contributed by atoms with Crippen LogP contribution in [0.15, 0.2) is 42.5 Å². The maximum Gasteiger partial charge on any atom is 0.162 e. The van der Waals surface area contributed by atoms with Crippen molar-refractivity contribution in [1.29, 1.82) is 0 Å². The Bertz CT molecular complexity index is 628. The number of benzene rings is 2. The van der Waals surface area contributed by atoms with E-state index in [-0.39, 0.29) is 11.6 Å². The van der Waals surface area contributed by atoms with Gasteiger partial charge < -0.3 is 4.79 Å². The van der Waals surface area contributed by atoms with E-state index >= 15 is 0 Å². The van der Waals surface area contributed by atoms with Crippen molar-refractivity contribution in [3.63, 3.8) is 0 Å². The van der Waals surface area contributed by atoms with Crippen molar-refractivity contribution in [3.8, 4) is 0 Å². The quantitative estimate of drug-likeness (QED) is 0.507. The van der Waals surface area contributed by atoms with E-state index in [1.165, 1.54) is 5.39 Å². The molecular weight excluding hydrogens is 260 g/mol. The zero-order valence-corrected chi connectivity index (χ0v) is 12.6. The summed E-state index contributed by atoms with van der Waals surface area (Å²) in [4.78, 5) is 23.0. The Hall–Kier alpha value is -1.96. The van der Waals surface area contributed by atoms with Gasteiger partial charge in [-0.15, -0.1) is 0 Å². The Balaban J connectivity index is 1.80. The zero-order valence-electron chi connectivity index (χ0n) is 12.6. The van der Waals surface area contributed by atoms with E-state index in [2.05, 4.69) is 6.07 Å². The maximum absolute atomic E-state index is 12.2. The van der Waals surface area contributed by atoms with Crippen LogP contribution in [-0.4, -0.2) is 11.6 Å². The summed E-state index contributed by atoms with van der Waals surface area (Å²) in [5, 5.41) is 2.28. The van der Waals surface area contributed by atoms with E-state index in [9.17, 15) is 9.59 Å². The van der Waals surface area contributed by atoms with Crippen LogP contribution in [0.3, 0.4) is 0 Å². The third kappa shape index (κ3) is 4.82. The summed E-state index contributed by atoms with van der Waals surface area (Å²) in [6.07, 6.45) is 5.16. The fraction of sp³-hybridized carbons (Fsp3) is 0.368. The molecule has 2 rings (SSSR count). The SMILES string of the molecule is CC(=O)CCCCCCC(=O)c1ccc2ccccc2c1. The normalized spacial score (nSPS) is 10.7. The summed E-state index contributed by atoms with van der Waals surface area (Å²) >= 11 is 0. The fourth-order valence-corrected chi connectivity index (χ4v) is 2.52. The second kappa shape index (κ2) is 7.72. The molecule has 0 aliphatic heterocycles. The van der Waals surface area contributed by atoms with Crippen molar-refractivity contribution >= 4 is 22.3 Å². The van der Waals surface area contributed by atoms with Crippen LogP contribution < -0.4 is 0 Å². The number of fused-ring (bicyclic) bond motifs is 1. The fourth-order valence-electron chi connectivity index (χ4n) is 2.52. The van der Waals surface area contributed by atoms with Crippen LogP contribution in [0, 0.1) is 0 Å². The molecule has 0 fully saturated rings. The lowest BCUT2D eigenvalue weighted by Gasteiger charge is -2.04. The van der Waals surface area contributed by atoms with E-state index < -0.39 is 0 Å². The minimum absolute atomic E-state index is 0.215. The molecule has 2 aromatic rings. The monoisotopic (exact) mass is 282 g/mol. The van der Waals surface area contributed by atoms with Crippen molar-refractivity contribution in [2.24, 2.45) is 0 Å². The van der Waals surface area contributed by atoms with Gasteiger partial charge in [0.15, 0.2) is 5.78 Å². The summed E-state index contributed by atoms with van der Waals surface area (Å²) in [5.74, 6) is 0.467. The number of carbonyl (C=O) groups is 2. The minimum atomic E-state index is 0.215. The van der Waals surface area contributed by atoms with Crippen molar-refractivity contribution in [2.75, 3.05) is 0 Å².